The lowest BCUT2D eigenvalue weighted by Crippen LogP contribution is -2.35. The number of hydrogen-bond donors (Lipinski definition) is 2. The largest absolute Gasteiger partial charge is 0.378 e. The van der Waals surface area contributed by atoms with Crippen LogP contribution in [0.3, 0.4) is 0 Å². The Morgan fingerprint density at radius 1 is 1.21 bits per heavy atom. The quantitative estimate of drug-likeness (QED) is 0.450. The van der Waals surface area contributed by atoms with Gasteiger partial charge in [-0.05, 0) is 82.5 Å². The van der Waals surface area contributed by atoms with Crippen LogP contribution in [0.5, 0.6) is 0 Å². The lowest BCUT2D eigenvalue weighted by molar-refractivity contribution is -0.384. The highest BCUT2D eigenvalue weighted by molar-refractivity contribution is 6.31. The fraction of sp³-hybridized carbons (Fsp3) is 0.727. The fourth-order valence-corrected chi connectivity index (χ4v) is 3.96. The monoisotopic (exact) mass is 425 g/mol. The maximum Gasteiger partial charge on any atom is 0.293 e. The maximum atomic E-state index is 11.0. The third kappa shape index (κ3) is 8.11. The average molecular weight is 426 g/mol. The van der Waals surface area contributed by atoms with Crippen molar-refractivity contribution in [2.75, 3.05) is 25.0 Å². The van der Waals surface area contributed by atoms with Crippen molar-refractivity contribution in [3.63, 3.8) is 0 Å². The number of aryl methyl sites for hydroxylation is 1. The molecule has 1 aromatic rings. The van der Waals surface area contributed by atoms with Gasteiger partial charge in [-0.2, -0.15) is 0 Å². The molecule has 0 bridgehead atoms. The summed E-state index contributed by atoms with van der Waals surface area (Å²) < 4.78 is 5.68. The predicted octanol–water partition coefficient (Wildman–Crippen LogP) is 5.71. The molecule has 1 saturated carbocycles. The molecule has 2 aliphatic rings. The highest BCUT2D eigenvalue weighted by atomic mass is 35.5. The molecule has 0 unspecified atom stereocenters. The Bertz CT molecular complexity index is 640. The SMILES string of the molecule is CCCOC1CCC(C)CC1.Cc1cc(NC2CCNCC2)c([N+](=O)[O-])cc1Cl. The van der Waals surface area contributed by atoms with Crippen LogP contribution >= 0.6 is 11.6 Å². The molecule has 0 amide bonds. The maximum absolute atomic E-state index is 11.0. The van der Waals surface area contributed by atoms with E-state index in [0.29, 0.717) is 16.8 Å². The van der Waals surface area contributed by atoms with Gasteiger partial charge in [-0.1, -0.05) is 25.4 Å². The van der Waals surface area contributed by atoms with Crippen molar-refractivity contribution >= 4 is 23.0 Å². The number of nitro benzene ring substituents is 1. The first kappa shape index (κ1) is 23.9. The van der Waals surface area contributed by atoms with Crippen molar-refractivity contribution in [1.82, 2.24) is 5.32 Å². The van der Waals surface area contributed by atoms with E-state index in [1.54, 1.807) is 6.07 Å². The summed E-state index contributed by atoms with van der Waals surface area (Å²) >= 11 is 5.93. The van der Waals surface area contributed by atoms with E-state index in [-0.39, 0.29) is 11.7 Å². The molecule has 2 N–H and O–H groups in total. The first-order chi connectivity index (χ1) is 13.9. The van der Waals surface area contributed by atoms with E-state index in [0.717, 1.165) is 50.4 Å². The van der Waals surface area contributed by atoms with Crippen molar-refractivity contribution in [3.05, 3.63) is 32.8 Å². The summed E-state index contributed by atoms with van der Waals surface area (Å²) in [6.45, 7) is 9.20. The normalized spacial score (nSPS) is 22.5. The van der Waals surface area contributed by atoms with Gasteiger partial charge in [0.25, 0.3) is 5.69 Å². The lowest BCUT2D eigenvalue weighted by Gasteiger charge is -2.25. The molecule has 0 aromatic heterocycles. The van der Waals surface area contributed by atoms with Gasteiger partial charge in [0.1, 0.15) is 5.69 Å². The van der Waals surface area contributed by atoms with E-state index in [9.17, 15) is 10.1 Å². The smallest absolute Gasteiger partial charge is 0.293 e. The second-order valence-corrected chi connectivity index (χ2v) is 8.70. The summed E-state index contributed by atoms with van der Waals surface area (Å²) in [6.07, 6.45) is 9.01. The minimum atomic E-state index is -0.394. The molecule has 6 nitrogen and oxygen atoms in total. The second-order valence-electron chi connectivity index (χ2n) is 8.30. The Morgan fingerprint density at radius 2 is 1.86 bits per heavy atom. The summed E-state index contributed by atoms with van der Waals surface area (Å²) in [5, 5.41) is 18.0. The van der Waals surface area contributed by atoms with Crippen LogP contribution in [0.15, 0.2) is 12.1 Å². The van der Waals surface area contributed by atoms with E-state index in [4.69, 9.17) is 16.3 Å². The molecular formula is C22H36ClN3O3. The Hall–Kier alpha value is -1.37. The molecule has 1 aliphatic heterocycles. The average Bonchev–Trinajstić information content (AvgIpc) is 2.71. The van der Waals surface area contributed by atoms with Crippen molar-refractivity contribution in [2.45, 2.75) is 77.9 Å². The predicted molar refractivity (Wildman–Crippen MR) is 120 cm³/mol. The highest BCUT2D eigenvalue weighted by Crippen LogP contribution is 2.32. The van der Waals surface area contributed by atoms with Crippen LogP contribution in [-0.4, -0.2) is 36.8 Å². The molecule has 0 spiro atoms. The zero-order valence-electron chi connectivity index (χ0n) is 18.0. The van der Waals surface area contributed by atoms with Crippen LogP contribution in [0.4, 0.5) is 11.4 Å². The molecule has 2 fully saturated rings. The van der Waals surface area contributed by atoms with Gasteiger partial charge >= 0.3 is 0 Å². The van der Waals surface area contributed by atoms with Gasteiger partial charge < -0.3 is 15.4 Å². The Kier molecular flexibility index (Phi) is 10.2. The number of rotatable bonds is 6. The van der Waals surface area contributed by atoms with Crippen molar-refractivity contribution in [3.8, 4) is 0 Å². The van der Waals surface area contributed by atoms with Crippen LogP contribution < -0.4 is 10.6 Å². The number of halogens is 1. The summed E-state index contributed by atoms with van der Waals surface area (Å²) in [7, 11) is 0. The molecule has 0 radical (unpaired) electrons. The molecule has 0 atom stereocenters. The Morgan fingerprint density at radius 3 is 2.45 bits per heavy atom. The molecule has 1 aromatic carbocycles. The number of nitro groups is 1. The van der Waals surface area contributed by atoms with Crippen LogP contribution in [0, 0.1) is 23.0 Å². The molecule has 3 rings (SSSR count). The molecule has 1 heterocycles. The Labute approximate surface area is 179 Å². The van der Waals surface area contributed by atoms with Gasteiger partial charge in [0.15, 0.2) is 0 Å². The van der Waals surface area contributed by atoms with E-state index in [1.165, 1.54) is 31.7 Å². The van der Waals surface area contributed by atoms with Gasteiger partial charge in [0, 0.05) is 18.7 Å². The van der Waals surface area contributed by atoms with Gasteiger partial charge in [-0.25, -0.2) is 0 Å². The van der Waals surface area contributed by atoms with E-state index in [2.05, 4.69) is 24.5 Å². The van der Waals surface area contributed by atoms with Gasteiger partial charge in [-0.15, -0.1) is 0 Å². The molecule has 1 saturated heterocycles. The summed E-state index contributed by atoms with van der Waals surface area (Å²) in [5.74, 6) is 0.941. The third-order valence-corrected chi connectivity index (χ3v) is 6.10. The van der Waals surface area contributed by atoms with Crippen LogP contribution in [-0.2, 0) is 4.74 Å². The van der Waals surface area contributed by atoms with E-state index < -0.39 is 4.92 Å². The number of nitrogens with one attached hydrogen (secondary N) is 2. The van der Waals surface area contributed by atoms with E-state index >= 15 is 0 Å². The highest BCUT2D eigenvalue weighted by Gasteiger charge is 2.20. The summed E-state index contributed by atoms with van der Waals surface area (Å²) in [5.41, 5.74) is 1.46. The lowest BCUT2D eigenvalue weighted by atomic mass is 9.89. The van der Waals surface area contributed by atoms with Crippen LogP contribution in [0.25, 0.3) is 0 Å². The number of nitrogens with zero attached hydrogens (tertiary/aromatic N) is 1. The van der Waals surface area contributed by atoms with E-state index in [1.807, 2.05) is 6.92 Å². The molecule has 29 heavy (non-hydrogen) atoms. The number of ether oxygens (including phenoxy) is 1. The van der Waals surface area contributed by atoms with Gasteiger partial charge in [-0.3, -0.25) is 10.1 Å². The minimum Gasteiger partial charge on any atom is -0.378 e. The van der Waals surface area contributed by atoms with Gasteiger partial charge in [0.2, 0.25) is 0 Å². The number of anilines is 1. The second kappa shape index (κ2) is 12.4. The zero-order chi connectivity index (χ0) is 21.2. The molecule has 164 valence electrons. The third-order valence-electron chi connectivity index (χ3n) is 5.69. The van der Waals surface area contributed by atoms with Crippen LogP contribution in [0.2, 0.25) is 5.02 Å². The van der Waals surface area contributed by atoms with Gasteiger partial charge in [0.05, 0.1) is 16.0 Å². The summed E-state index contributed by atoms with van der Waals surface area (Å²) in [4.78, 5) is 10.6. The topological polar surface area (TPSA) is 76.4 Å². The molecule has 7 heteroatoms. The minimum absolute atomic E-state index is 0.0455. The molecule has 1 aliphatic carbocycles. The fourth-order valence-electron chi connectivity index (χ4n) is 3.80. The zero-order valence-corrected chi connectivity index (χ0v) is 18.8. The van der Waals surface area contributed by atoms with Crippen molar-refractivity contribution < 1.29 is 9.66 Å². The number of benzene rings is 1. The van der Waals surface area contributed by atoms with Crippen molar-refractivity contribution in [1.29, 1.82) is 0 Å². The summed E-state index contributed by atoms with van der Waals surface area (Å²) in [6, 6.07) is 3.45. The van der Waals surface area contributed by atoms with Crippen LogP contribution in [0.1, 0.15) is 64.4 Å². The number of piperidine rings is 1. The van der Waals surface area contributed by atoms with Crippen molar-refractivity contribution in [2.24, 2.45) is 5.92 Å². The first-order valence-corrected chi connectivity index (χ1v) is 11.3. The first-order valence-electron chi connectivity index (χ1n) is 10.9. The molecular weight excluding hydrogens is 390 g/mol. The standard InChI is InChI=1S/C12H16ClN3O2.C10H20O/c1-8-6-11(12(16(17)18)7-10(8)13)15-9-2-4-14-5-3-9;1-3-8-11-10-6-4-9(2)5-7-10/h6-7,9,14-15H,2-5H2,1H3;9-10H,3-8H2,1-2H3. The number of hydrogen-bond acceptors (Lipinski definition) is 5. The Balaban J connectivity index is 0.000000234.